The van der Waals surface area contributed by atoms with Gasteiger partial charge in [-0.2, -0.15) is 0 Å². The van der Waals surface area contributed by atoms with Gasteiger partial charge in [-0.3, -0.25) is 4.79 Å². The smallest absolute Gasteiger partial charge is 0.254 e. The molecule has 6 nitrogen and oxygen atoms in total. The third-order valence-electron chi connectivity index (χ3n) is 4.44. The van der Waals surface area contributed by atoms with E-state index in [4.69, 9.17) is 9.47 Å². The van der Waals surface area contributed by atoms with Crippen molar-refractivity contribution in [2.45, 2.75) is 52.0 Å². The van der Waals surface area contributed by atoms with Crippen molar-refractivity contribution in [1.29, 1.82) is 0 Å². The molecule has 0 fully saturated rings. The number of amides is 1. The van der Waals surface area contributed by atoms with Gasteiger partial charge in [-0.25, -0.2) is 9.97 Å². The molecule has 0 unspecified atom stereocenters. The number of ether oxygens (including phenoxy) is 2. The average molecular weight is 369 g/mol. The molecule has 1 aromatic carbocycles. The summed E-state index contributed by atoms with van der Waals surface area (Å²) >= 11 is 0. The quantitative estimate of drug-likeness (QED) is 0.867. The summed E-state index contributed by atoms with van der Waals surface area (Å²) in [7, 11) is 0. The Hall–Kier alpha value is -2.63. The van der Waals surface area contributed by atoms with Crippen molar-refractivity contribution in [3.8, 4) is 11.5 Å². The molecular formula is C21H27N3O3. The highest BCUT2D eigenvalue weighted by molar-refractivity contribution is 5.93. The van der Waals surface area contributed by atoms with Crippen LogP contribution in [0.4, 0.5) is 0 Å². The van der Waals surface area contributed by atoms with Crippen LogP contribution in [0.25, 0.3) is 0 Å². The fraction of sp³-hybridized carbons (Fsp3) is 0.476. The molecule has 0 spiro atoms. The summed E-state index contributed by atoms with van der Waals surface area (Å²) in [4.78, 5) is 21.4. The van der Waals surface area contributed by atoms with E-state index in [0.29, 0.717) is 18.8 Å². The van der Waals surface area contributed by atoms with Gasteiger partial charge in [-0.05, 0) is 24.1 Å². The maximum absolute atomic E-state index is 12.7. The highest BCUT2D eigenvalue weighted by atomic mass is 16.6. The summed E-state index contributed by atoms with van der Waals surface area (Å²) in [5.41, 5.74) is 1.31. The van der Waals surface area contributed by atoms with E-state index >= 15 is 0 Å². The van der Waals surface area contributed by atoms with Crippen LogP contribution < -0.4 is 14.8 Å². The molecule has 1 aliphatic heterocycles. The predicted molar refractivity (Wildman–Crippen MR) is 103 cm³/mol. The van der Waals surface area contributed by atoms with Crippen LogP contribution in [-0.4, -0.2) is 29.1 Å². The van der Waals surface area contributed by atoms with Gasteiger partial charge in [0.25, 0.3) is 5.91 Å². The van der Waals surface area contributed by atoms with Crippen LogP contribution in [0, 0.1) is 0 Å². The van der Waals surface area contributed by atoms with Gasteiger partial charge >= 0.3 is 0 Å². The third-order valence-corrected chi connectivity index (χ3v) is 4.44. The molecule has 0 saturated heterocycles. The number of hydrogen-bond donors (Lipinski definition) is 1. The van der Waals surface area contributed by atoms with E-state index < -0.39 is 0 Å². The minimum Gasteiger partial charge on any atom is -0.486 e. The molecule has 6 heteroatoms. The highest BCUT2D eigenvalue weighted by Gasteiger charge is 2.21. The maximum atomic E-state index is 12.7. The molecule has 27 heavy (non-hydrogen) atoms. The van der Waals surface area contributed by atoms with Crippen LogP contribution in [0.15, 0.2) is 30.6 Å². The number of rotatable bonds is 5. The summed E-state index contributed by atoms with van der Waals surface area (Å²) < 4.78 is 11.2. The van der Waals surface area contributed by atoms with E-state index in [0.717, 1.165) is 35.7 Å². The van der Waals surface area contributed by atoms with Crippen LogP contribution in [-0.2, 0) is 5.41 Å². The molecular weight excluding hydrogens is 342 g/mol. The summed E-state index contributed by atoms with van der Waals surface area (Å²) in [6.45, 7) is 9.33. The maximum Gasteiger partial charge on any atom is 0.254 e. The van der Waals surface area contributed by atoms with Crippen molar-refractivity contribution in [3.05, 3.63) is 47.5 Å². The molecule has 2 aromatic rings. The minimum atomic E-state index is -0.177. The van der Waals surface area contributed by atoms with Crippen molar-refractivity contribution in [2.24, 2.45) is 0 Å². The van der Waals surface area contributed by atoms with Gasteiger partial charge < -0.3 is 14.8 Å². The number of carbonyl (C=O) groups excluding carboxylic acids is 1. The molecule has 1 N–H and O–H groups in total. The number of fused-ring (bicyclic) bond motifs is 1. The number of hydrogen-bond acceptors (Lipinski definition) is 5. The molecule has 1 aliphatic rings. The van der Waals surface area contributed by atoms with E-state index in [2.05, 4.69) is 22.2 Å². The lowest BCUT2D eigenvalue weighted by Gasteiger charge is -2.23. The van der Waals surface area contributed by atoms with E-state index in [1.807, 2.05) is 39.0 Å². The Kier molecular flexibility index (Phi) is 5.63. The molecule has 0 radical (unpaired) electrons. The lowest BCUT2D eigenvalue weighted by Crippen LogP contribution is -2.29. The Morgan fingerprint density at radius 2 is 1.81 bits per heavy atom. The van der Waals surface area contributed by atoms with Crippen molar-refractivity contribution in [2.75, 3.05) is 13.2 Å². The fourth-order valence-corrected chi connectivity index (χ4v) is 2.96. The highest BCUT2D eigenvalue weighted by Crippen LogP contribution is 2.33. The van der Waals surface area contributed by atoms with E-state index in [9.17, 15) is 4.79 Å². The van der Waals surface area contributed by atoms with Crippen LogP contribution >= 0.6 is 0 Å². The minimum absolute atomic E-state index is 0.111. The second kappa shape index (κ2) is 7.94. The van der Waals surface area contributed by atoms with Gasteiger partial charge in [0.1, 0.15) is 19.0 Å². The number of nitrogens with zero attached hydrogens (tertiary/aromatic N) is 2. The Labute approximate surface area is 160 Å². The number of benzene rings is 1. The standard InChI is InChI=1S/C21H27N3O3/c1-5-6-16(14-7-8-17-18(11-14)27-10-9-26-17)24-19(25)15-12-22-20(23-13-15)21(2,3)4/h7-8,11-13,16H,5-6,9-10H2,1-4H3,(H,24,25)/t16-/m1/s1. The van der Waals surface area contributed by atoms with Gasteiger partial charge in [-0.1, -0.05) is 40.2 Å². The largest absolute Gasteiger partial charge is 0.486 e. The van der Waals surface area contributed by atoms with Crippen LogP contribution in [0.1, 0.15) is 68.3 Å². The second-order valence-corrected chi connectivity index (χ2v) is 7.76. The molecule has 1 atom stereocenters. The van der Waals surface area contributed by atoms with Gasteiger partial charge in [0.05, 0.1) is 11.6 Å². The number of aromatic nitrogens is 2. The second-order valence-electron chi connectivity index (χ2n) is 7.76. The Bertz CT molecular complexity index is 797. The zero-order valence-electron chi connectivity index (χ0n) is 16.4. The van der Waals surface area contributed by atoms with Crippen LogP contribution in [0.3, 0.4) is 0 Å². The monoisotopic (exact) mass is 369 g/mol. The number of carbonyl (C=O) groups is 1. The first kappa shape index (κ1) is 19.1. The van der Waals surface area contributed by atoms with Crippen molar-refractivity contribution < 1.29 is 14.3 Å². The Balaban J connectivity index is 1.77. The lowest BCUT2D eigenvalue weighted by atomic mass is 9.96. The fourth-order valence-electron chi connectivity index (χ4n) is 2.96. The van der Waals surface area contributed by atoms with Crippen molar-refractivity contribution in [3.63, 3.8) is 0 Å². The van der Waals surface area contributed by atoms with Gasteiger partial charge in [-0.15, -0.1) is 0 Å². The van der Waals surface area contributed by atoms with Crippen LogP contribution in [0.2, 0.25) is 0 Å². The topological polar surface area (TPSA) is 73.3 Å². The zero-order valence-corrected chi connectivity index (χ0v) is 16.4. The van der Waals surface area contributed by atoms with Gasteiger partial charge in [0.15, 0.2) is 11.5 Å². The molecule has 1 amide bonds. The summed E-state index contributed by atoms with van der Waals surface area (Å²) in [6, 6.07) is 5.72. The molecule has 0 saturated carbocycles. The first-order valence-electron chi connectivity index (χ1n) is 9.41. The predicted octanol–water partition coefficient (Wildman–Crippen LogP) is 3.82. The third kappa shape index (κ3) is 4.56. The molecule has 0 aliphatic carbocycles. The van der Waals surface area contributed by atoms with Crippen LogP contribution in [0.5, 0.6) is 11.5 Å². The van der Waals surface area contributed by atoms with E-state index in [1.54, 1.807) is 12.4 Å². The van der Waals surface area contributed by atoms with Gasteiger partial charge in [0.2, 0.25) is 0 Å². The summed E-state index contributed by atoms with van der Waals surface area (Å²) in [5, 5.41) is 3.10. The van der Waals surface area contributed by atoms with Crippen molar-refractivity contribution in [1.82, 2.24) is 15.3 Å². The first-order chi connectivity index (χ1) is 12.9. The lowest BCUT2D eigenvalue weighted by molar-refractivity contribution is 0.0933. The Morgan fingerprint density at radius 3 is 2.44 bits per heavy atom. The summed E-state index contributed by atoms with van der Waals surface area (Å²) in [6.07, 6.45) is 4.95. The Morgan fingerprint density at radius 1 is 1.15 bits per heavy atom. The molecule has 3 rings (SSSR count). The molecule has 0 bridgehead atoms. The van der Waals surface area contributed by atoms with E-state index in [1.165, 1.54) is 0 Å². The average Bonchev–Trinajstić information content (AvgIpc) is 2.66. The zero-order chi connectivity index (χ0) is 19.4. The normalized spacial score (nSPS) is 14.5. The van der Waals surface area contributed by atoms with Gasteiger partial charge in [0, 0.05) is 17.8 Å². The van der Waals surface area contributed by atoms with E-state index in [-0.39, 0.29) is 17.4 Å². The molecule has 2 heterocycles. The van der Waals surface area contributed by atoms with Crippen molar-refractivity contribution >= 4 is 5.91 Å². The SMILES string of the molecule is CCC[C@@H](NC(=O)c1cnc(C(C)(C)C)nc1)c1ccc2c(c1)OCCO2. The first-order valence-corrected chi connectivity index (χ1v) is 9.41. The number of nitrogens with one attached hydrogen (secondary N) is 1. The molecule has 144 valence electrons. The molecule has 1 aromatic heterocycles. The summed E-state index contributed by atoms with van der Waals surface area (Å²) in [5.74, 6) is 2.02.